The molecule has 3 rings (SSSR count). The molecule has 0 aliphatic heterocycles. The van der Waals surface area contributed by atoms with Crippen LogP contribution in [0.4, 0.5) is 0 Å². The highest BCUT2D eigenvalue weighted by Gasteiger charge is 2.14. The number of carbonyl (C=O) groups is 2. The summed E-state index contributed by atoms with van der Waals surface area (Å²) < 4.78 is 10.6. The monoisotopic (exact) mass is 360 g/mol. The zero-order chi connectivity index (χ0) is 19.2. The summed E-state index contributed by atoms with van der Waals surface area (Å²) in [5.41, 5.74) is 3.88. The smallest absolute Gasteiger partial charge is 0.308 e. The Morgan fingerprint density at radius 3 is 2.11 bits per heavy atom. The van der Waals surface area contributed by atoms with Crippen molar-refractivity contribution >= 4 is 11.9 Å². The standard InChI is InChI=1S/C23H20O4/c1-16(24)26-20-12-13-23(27-17(2)25)22(15-20)21-11-7-6-10-19(21)14-18-8-4-3-5-9-18/h3-13,15H,14H2,1-2H3. The Balaban J connectivity index is 2.08. The van der Waals surface area contributed by atoms with Crippen LogP contribution in [-0.2, 0) is 16.0 Å². The molecule has 0 aliphatic rings. The van der Waals surface area contributed by atoms with Gasteiger partial charge in [0.15, 0.2) is 0 Å². The van der Waals surface area contributed by atoms with Crippen LogP contribution in [0, 0.1) is 0 Å². The van der Waals surface area contributed by atoms with Gasteiger partial charge in [-0.15, -0.1) is 0 Å². The van der Waals surface area contributed by atoms with Crippen LogP contribution in [0.25, 0.3) is 11.1 Å². The van der Waals surface area contributed by atoms with Crippen molar-refractivity contribution in [3.05, 3.63) is 83.9 Å². The molecule has 27 heavy (non-hydrogen) atoms. The number of hydrogen-bond donors (Lipinski definition) is 0. The summed E-state index contributed by atoms with van der Waals surface area (Å²) in [6.07, 6.45) is 0.730. The first-order valence-electron chi connectivity index (χ1n) is 8.66. The molecule has 0 fully saturated rings. The number of hydrogen-bond acceptors (Lipinski definition) is 4. The van der Waals surface area contributed by atoms with E-state index in [1.54, 1.807) is 18.2 Å². The van der Waals surface area contributed by atoms with Gasteiger partial charge >= 0.3 is 11.9 Å². The minimum Gasteiger partial charge on any atom is -0.427 e. The van der Waals surface area contributed by atoms with Gasteiger partial charge in [-0.2, -0.15) is 0 Å². The number of rotatable bonds is 5. The predicted octanol–water partition coefficient (Wildman–Crippen LogP) is 4.80. The molecule has 0 saturated carbocycles. The van der Waals surface area contributed by atoms with Gasteiger partial charge < -0.3 is 9.47 Å². The fourth-order valence-corrected chi connectivity index (χ4v) is 2.95. The van der Waals surface area contributed by atoms with E-state index in [1.165, 1.54) is 19.4 Å². The third-order valence-electron chi connectivity index (χ3n) is 4.01. The second-order valence-electron chi connectivity index (χ2n) is 6.16. The van der Waals surface area contributed by atoms with E-state index in [0.29, 0.717) is 17.1 Å². The summed E-state index contributed by atoms with van der Waals surface area (Å²) >= 11 is 0. The molecular weight excluding hydrogens is 340 g/mol. The Labute approximate surface area is 158 Å². The molecule has 0 amide bonds. The van der Waals surface area contributed by atoms with Crippen molar-refractivity contribution in [2.75, 3.05) is 0 Å². The maximum atomic E-state index is 11.5. The van der Waals surface area contributed by atoms with Gasteiger partial charge in [0, 0.05) is 19.4 Å². The highest BCUT2D eigenvalue weighted by Crippen LogP contribution is 2.36. The lowest BCUT2D eigenvalue weighted by atomic mass is 9.94. The highest BCUT2D eigenvalue weighted by molar-refractivity contribution is 5.80. The summed E-state index contributed by atoms with van der Waals surface area (Å²) in [7, 11) is 0. The first kappa shape index (κ1) is 18.4. The van der Waals surface area contributed by atoms with Crippen molar-refractivity contribution < 1.29 is 19.1 Å². The zero-order valence-electron chi connectivity index (χ0n) is 15.3. The molecule has 4 heteroatoms. The average Bonchev–Trinajstić information content (AvgIpc) is 2.64. The summed E-state index contributed by atoms with van der Waals surface area (Å²) in [5.74, 6) is 0.0256. The van der Waals surface area contributed by atoms with E-state index in [-0.39, 0.29) is 0 Å². The van der Waals surface area contributed by atoms with Gasteiger partial charge in [0.05, 0.1) is 0 Å². The maximum Gasteiger partial charge on any atom is 0.308 e. The van der Waals surface area contributed by atoms with E-state index in [0.717, 1.165) is 17.5 Å². The van der Waals surface area contributed by atoms with Crippen LogP contribution < -0.4 is 9.47 Å². The fraction of sp³-hybridized carbons (Fsp3) is 0.130. The lowest BCUT2D eigenvalue weighted by Crippen LogP contribution is -2.05. The van der Waals surface area contributed by atoms with Gasteiger partial charge in [0.2, 0.25) is 0 Å². The van der Waals surface area contributed by atoms with Crippen molar-refractivity contribution in [1.29, 1.82) is 0 Å². The summed E-state index contributed by atoms with van der Waals surface area (Å²) in [5, 5.41) is 0. The number of carbonyl (C=O) groups excluding carboxylic acids is 2. The van der Waals surface area contributed by atoms with E-state index in [9.17, 15) is 9.59 Å². The Morgan fingerprint density at radius 1 is 0.741 bits per heavy atom. The first-order valence-corrected chi connectivity index (χ1v) is 8.66. The number of benzene rings is 3. The van der Waals surface area contributed by atoms with Crippen LogP contribution in [0.1, 0.15) is 25.0 Å². The molecule has 4 nitrogen and oxygen atoms in total. The fourth-order valence-electron chi connectivity index (χ4n) is 2.95. The summed E-state index contributed by atoms with van der Waals surface area (Å²) in [6, 6.07) is 23.0. The summed E-state index contributed by atoms with van der Waals surface area (Å²) in [4.78, 5) is 22.9. The van der Waals surface area contributed by atoms with E-state index in [1.807, 2.05) is 42.5 Å². The van der Waals surface area contributed by atoms with Crippen LogP contribution >= 0.6 is 0 Å². The Morgan fingerprint density at radius 2 is 1.41 bits per heavy atom. The van der Waals surface area contributed by atoms with Crippen LogP contribution in [0.2, 0.25) is 0 Å². The van der Waals surface area contributed by atoms with Gasteiger partial charge in [0.1, 0.15) is 11.5 Å². The zero-order valence-corrected chi connectivity index (χ0v) is 15.3. The van der Waals surface area contributed by atoms with Crippen molar-refractivity contribution in [2.24, 2.45) is 0 Å². The van der Waals surface area contributed by atoms with Crippen molar-refractivity contribution in [2.45, 2.75) is 20.3 Å². The molecule has 0 heterocycles. The third-order valence-corrected chi connectivity index (χ3v) is 4.01. The van der Waals surface area contributed by atoms with E-state index < -0.39 is 11.9 Å². The minimum atomic E-state index is -0.406. The SMILES string of the molecule is CC(=O)Oc1ccc(OC(C)=O)c(-c2ccccc2Cc2ccccc2)c1. The number of esters is 2. The third kappa shape index (κ3) is 4.82. The molecule has 0 bridgehead atoms. The van der Waals surface area contributed by atoms with Gasteiger partial charge in [-0.1, -0.05) is 54.6 Å². The van der Waals surface area contributed by atoms with Gasteiger partial charge in [0.25, 0.3) is 0 Å². The molecule has 0 saturated heterocycles. The largest absolute Gasteiger partial charge is 0.427 e. The predicted molar refractivity (Wildman–Crippen MR) is 104 cm³/mol. The molecule has 0 N–H and O–H groups in total. The Hall–Kier alpha value is -3.40. The maximum absolute atomic E-state index is 11.5. The molecule has 0 atom stereocenters. The minimum absolute atomic E-state index is 0.404. The molecule has 0 spiro atoms. The van der Waals surface area contributed by atoms with Gasteiger partial charge in [-0.25, -0.2) is 0 Å². The lowest BCUT2D eigenvalue weighted by molar-refractivity contribution is -0.133. The Kier molecular flexibility index (Phi) is 5.67. The number of ether oxygens (including phenoxy) is 2. The molecule has 0 radical (unpaired) electrons. The molecule has 0 aromatic heterocycles. The molecule has 3 aromatic carbocycles. The molecular formula is C23H20O4. The van der Waals surface area contributed by atoms with Gasteiger partial charge in [-0.05, 0) is 41.3 Å². The molecule has 136 valence electrons. The summed E-state index contributed by atoms with van der Waals surface area (Å²) in [6.45, 7) is 2.71. The lowest BCUT2D eigenvalue weighted by Gasteiger charge is -2.15. The van der Waals surface area contributed by atoms with E-state index in [2.05, 4.69) is 12.1 Å². The van der Waals surface area contributed by atoms with E-state index >= 15 is 0 Å². The second kappa shape index (κ2) is 8.32. The van der Waals surface area contributed by atoms with Crippen LogP contribution in [0.15, 0.2) is 72.8 Å². The van der Waals surface area contributed by atoms with Crippen LogP contribution in [-0.4, -0.2) is 11.9 Å². The normalized spacial score (nSPS) is 10.3. The quantitative estimate of drug-likeness (QED) is 0.485. The molecule has 0 aliphatic carbocycles. The first-order chi connectivity index (χ1) is 13.0. The van der Waals surface area contributed by atoms with Gasteiger partial charge in [-0.3, -0.25) is 9.59 Å². The topological polar surface area (TPSA) is 52.6 Å². The van der Waals surface area contributed by atoms with Crippen LogP contribution in [0.3, 0.4) is 0 Å². The Bertz CT molecular complexity index is 961. The van der Waals surface area contributed by atoms with Crippen molar-refractivity contribution in [1.82, 2.24) is 0 Å². The molecule has 3 aromatic rings. The average molecular weight is 360 g/mol. The van der Waals surface area contributed by atoms with Crippen molar-refractivity contribution in [3.8, 4) is 22.6 Å². The van der Waals surface area contributed by atoms with Crippen molar-refractivity contribution in [3.63, 3.8) is 0 Å². The molecule has 0 unspecified atom stereocenters. The second-order valence-corrected chi connectivity index (χ2v) is 6.16. The van der Waals surface area contributed by atoms with Crippen LogP contribution in [0.5, 0.6) is 11.5 Å². The highest BCUT2D eigenvalue weighted by atomic mass is 16.5. The van der Waals surface area contributed by atoms with E-state index in [4.69, 9.17) is 9.47 Å².